The van der Waals surface area contributed by atoms with E-state index in [-0.39, 0.29) is 18.4 Å². The Labute approximate surface area is 268 Å². The number of esters is 2. The average Bonchev–Trinajstić information content (AvgIpc) is 2.96. The van der Waals surface area contributed by atoms with Crippen LogP contribution < -0.4 is 9.47 Å². The van der Waals surface area contributed by atoms with Crippen molar-refractivity contribution in [3.8, 4) is 33.8 Å². The number of carbonyl (C=O) groups excluding carboxylic acids is 2. The standard InChI is InChI=1S/C22H18O4S.C7H8F8O4S/c1-14(23)25-18-10-6-16(7-11-18)20-4-3-5-21(27)22(20)17-8-12-19(13-9-17)26-15(2)24;1-2-3-19-6(12,13)4(8,9)5(10,11)7(14,15)20(16,17)18/h3-13,27H,1-2H3;2-3H2,1H3,(H,16,17,18). The van der Waals surface area contributed by atoms with Crippen molar-refractivity contribution in [2.45, 2.75) is 55.3 Å². The summed E-state index contributed by atoms with van der Waals surface area (Å²) in [5.74, 6) is -13.7. The van der Waals surface area contributed by atoms with Crippen LogP contribution in [-0.4, -0.2) is 54.7 Å². The molecule has 0 saturated carbocycles. The van der Waals surface area contributed by atoms with E-state index < -0.39 is 39.9 Å². The summed E-state index contributed by atoms with van der Waals surface area (Å²) in [6.07, 6.45) is -6.42. The third-order valence-electron chi connectivity index (χ3n) is 5.81. The molecule has 0 atom stereocenters. The second-order valence-electron chi connectivity index (χ2n) is 9.44. The van der Waals surface area contributed by atoms with Crippen molar-refractivity contribution in [2.24, 2.45) is 0 Å². The van der Waals surface area contributed by atoms with Crippen molar-refractivity contribution in [3.05, 3.63) is 66.7 Å². The van der Waals surface area contributed by atoms with Crippen LogP contribution in [0.3, 0.4) is 0 Å². The molecule has 0 amide bonds. The third-order valence-corrected chi connectivity index (χ3v) is 7.09. The number of hydrogen-bond donors (Lipinski definition) is 2. The number of carbonyl (C=O) groups is 2. The molecule has 0 heterocycles. The first-order valence-corrected chi connectivity index (χ1v) is 14.9. The van der Waals surface area contributed by atoms with Gasteiger partial charge in [0.05, 0.1) is 6.61 Å². The molecule has 0 aliphatic carbocycles. The molecule has 18 heteroatoms. The molecule has 47 heavy (non-hydrogen) atoms. The maximum Gasteiger partial charge on any atom is 0.438 e. The number of ether oxygens (including phenoxy) is 3. The third kappa shape index (κ3) is 9.00. The Morgan fingerprint density at radius 3 is 1.60 bits per heavy atom. The zero-order chi connectivity index (χ0) is 36.0. The Kier molecular flexibility index (Phi) is 12.6. The van der Waals surface area contributed by atoms with Crippen molar-refractivity contribution in [1.29, 1.82) is 0 Å². The van der Waals surface area contributed by atoms with Crippen molar-refractivity contribution in [3.63, 3.8) is 0 Å². The van der Waals surface area contributed by atoms with E-state index in [0.29, 0.717) is 11.5 Å². The molecule has 3 aromatic rings. The minimum atomic E-state index is -7.12. The molecule has 8 nitrogen and oxygen atoms in total. The molecular weight excluding hydrogens is 692 g/mol. The van der Waals surface area contributed by atoms with Gasteiger partial charge >= 0.3 is 45.3 Å². The second-order valence-corrected chi connectivity index (χ2v) is 11.4. The van der Waals surface area contributed by atoms with Crippen LogP contribution in [0.5, 0.6) is 11.5 Å². The van der Waals surface area contributed by atoms with E-state index in [1.54, 1.807) is 24.3 Å². The quantitative estimate of drug-likeness (QED) is 0.0676. The van der Waals surface area contributed by atoms with Crippen LogP contribution in [0.4, 0.5) is 35.1 Å². The lowest BCUT2D eigenvalue weighted by molar-refractivity contribution is -0.417. The van der Waals surface area contributed by atoms with E-state index >= 15 is 0 Å². The Balaban J connectivity index is 0.000000345. The van der Waals surface area contributed by atoms with Gasteiger partial charge in [-0.05, 0) is 53.4 Å². The van der Waals surface area contributed by atoms with Gasteiger partial charge in [-0.2, -0.15) is 43.5 Å². The Morgan fingerprint density at radius 2 is 1.19 bits per heavy atom. The Morgan fingerprint density at radius 1 is 0.745 bits per heavy atom. The van der Waals surface area contributed by atoms with Gasteiger partial charge < -0.3 is 14.2 Å². The van der Waals surface area contributed by atoms with Crippen LogP contribution in [0.2, 0.25) is 0 Å². The van der Waals surface area contributed by atoms with Gasteiger partial charge in [-0.25, -0.2) is 0 Å². The predicted molar refractivity (Wildman–Crippen MR) is 155 cm³/mol. The monoisotopic (exact) mass is 718 g/mol. The maximum absolute atomic E-state index is 12.8. The van der Waals surface area contributed by atoms with Gasteiger partial charge in [0, 0.05) is 24.3 Å². The van der Waals surface area contributed by atoms with Crippen LogP contribution in [0, 0.1) is 0 Å². The first-order valence-electron chi connectivity index (χ1n) is 13.0. The number of thiol groups is 1. The fraction of sp³-hybridized carbons (Fsp3) is 0.310. The zero-order valence-electron chi connectivity index (χ0n) is 24.4. The van der Waals surface area contributed by atoms with Gasteiger partial charge in [-0.3, -0.25) is 14.1 Å². The van der Waals surface area contributed by atoms with Gasteiger partial charge in [0.2, 0.25) is 0 Å². The van der Waals surface area contributed by atoms with Crippen LogP contribution in [-0.2, 0) is 24.4 Å². The van der Waals surface area contributed by atoms with E-state index in [1.165, 1.54) is 13.8 Å². The molecule has 0 aliphatic heterocycles. The average molecular weight is 719 g/mol. The number of alkyl halides is 8. The van der Waals surface area contributed by atoms with E-state index in [0.717, 1.165) is 34.1 Å². The van der Waals surface area contributed by atoms with Crippen molar-refractivity contribution < 1.29 is 71.9 Å². The zero-order valence-corrected chi connectivity index (χ0v) is 26.2. The highest BCUT2D eigenvalue weighted by molar-refractivity contribution is 7.87. The molecule has 1 N–H and O–H groups in total. The van der Waals surface area contributed by atoms with Gasteiger partial charge in [0.25, 0.3) is 0 Å². The van der Waals surface area contributed by atoms with Crippen molar-refractivity contribution in [2.75, 3.05) is 6.61 Å². The predicted octanol–water partition coefficient (Wildman–Crippen LogP) is 7.92. The first kappa shape index (κ1) is 39.4. The molecule has 0 bridgehead atoms. The highest BCUT2D eigenvalue weighted by atomic mass is 32.2. The molecule has 258 valence electrons. The van der Waals surface area contributed by atoms with Crippen LogP contribution >= 0.6 is 12.6 Å². The fourth-order valence-electron chi connectivity index (χ4n) is 3.66. The minimum absolute atomic E-state index is 0.341. The van der Waals surface area contributed by atoms with E-state index in [9.17, 15) is 53.1 Å². The second kappa shape index (κ2) is 15.0. The summed E-state index contributed by atoms with van der Waals surface area (Å²) in [7, 11) is -7.08. The number of halogens is 8. The Bertz CT molecular complexity index is 1660. The van der Waals surface area contributed by atoms with Crippen molar-refractivity contribution in [1.82, 2.24) is 0 Å². The lowest BCUT2D eigenvalue weighted by Crippen LogP contribution is -2.64. The fourth-order valence-corrected chi connectivity index (χ4v) is 4.44. The molecule has 3 rings (SSSR count). The minimum Gasteiger partial charge on any atom is -0.427 e. The van der Waals surface area contributed by atoms with Gasteiger partial charge in [0.1, 0.15) is 11.5 Å². The van der Waals surface area contributed by atoms with Crippen molar-refractivity contribution >= 4 is 34.7 Å². The summed E-state index contributed by atoms with van der Waals surface area (Å²) < 4.78 is 143. The molecule has 3 aromatic carbocycles. The largest absolute Gasteiger partial charge is 0.438 e. The SMILES string of the molecule is CC(=O)Oc1ccc(-c2cccc(S)c2-c2ccc(OC(C)=O)cc2)cc1.CCCOC(F)(F)C(F)(F)C(F)(F)C(F)(F)S(=O)(=O)O. The summed E-state index contributed by atoms with van der Waals surface area (Å²) in [6, 6.07) is 20.5. The van der Waals surface area contributed by atoms with E-state index in [4.69, 9.17) is 14.0 Å². The number of benzene rings is 3. The summed E-state index contributed by atoms with van der Waals surface area (Å²) in [4.78, 5) is 23.0. The molecule has 0 fully saturated rings. The molecule has 0 spiro atoms. The highest BCUT2D eigenvalue weighted by Crippen LogP contribution is 2.54. The van der Waals surface area contributed by atoms with Gasteiger partial charge in [-0.1, -0.05) is 43.3 Å². The summed E-state index contributed by atoms with van der Waals surface area (Å²) >= 11 is 4.62. The molecule has 0 saturated heterocycles. The van der Waals surface area contributed by atoms with E-state index in [2.05, 4.69) is 17.4 Å². The van der Waals surface area contributed by atoms with Gasteiger partial charge in [0.15, 0.2) is 0 Å². The topological polar surface area (TPSA) is 116 Å². The summed E-state index contributed by atoms with van der Waals surface area (Å²) in [6.45, 7) is 2.68. The van der Waals surface area contributed by atoms with E-state index in [1.807, 2.05) is 42.5 Å². The van der Waals surface area contributed by atoms with Crippen LogP contribution in [0.15, 0.2) is 71.6 Å². The number of hydrogen-bond acceptors (Lipinski definition) is 8. The molecular formula is C29H26F8O8S2. The lowest BCUT2D eigenvalue weighted by atomic mass is 9.94. The normalized spacial score (nSPS) is 12.5. The molecule has 0 aromatic heterocycles. The molecule has 0 aliphatic rings. The summed E-state index contributed by atoms with van der Waals surface area (Å²) in [5, 5.41) is -6.84. The maximum atomic E-state index is 12.8. The summed E-state index contributed by atoms with van der Waals surface area (Å²) in [5.41, 5.74) is 3.89. The smallest absolute Gasteiger partial charge is 0.427 e. The number of rotatable bonds is 11. The Hall–Kier alpha value is -3.74. The van der Waals surface area contributed by atoms with Crippen LogP contribution in [0.25, 0.3) is 22.3 Å². The molecule has 0 unspecified atom stereocenters. The van der Waals surface area contributed by atoms with Gasteiger partial charge in [-0.15, -0.1) is 12.6 Å². The lowest BCUT2D eigenvalue weighted by Gasteiger charge is -2.34. The molecule has 0 radical (unpaired) electrons. The highest BCUT2D eigenvalue weighted by Gasteiger charge is 2.85. The van der Waals surface area contributed by atoms with Crippen LogP contribution in [0.1, 0.15) is 27.2 Å². The first-order chi connectivity index (χ1) is 21.5.